The Morgan fingerprint density at radius 3 is 2.27 bits per heavy atom. The molecule has 0 aliphatic carbocycles. The number of rotatable bonds is 3. The van der Waals surface area contributed by atoms with E-state index in [-0.39, 0.29) is 5.82 Å². The molecule has 3 aromatic heterocycles. The number of piperazine rings is 1. The molecule has 8 heteroatoms. The van der Waals surface area contributed by atoms with Gasteiger partial charge in [0.25, 0.3) is 0 Å². The molecular formula is C25H24FN7. The summed E-state index contributed by atoms with van der Waals surface area (Å²) in [6, 6.07) is 17.0. The lowest BCUT2D eigenvalue weighted by Crippen LogP contribution is -2.47. The Labute approximate surface area is 190 Å². The van der Waals surface area contributed by atoms with Crippen molar-refractivity contribution in [2.75, 3.05) is 36.0 Å². The van der Waals surface area contributed by atoms with Crippen molar-refractivity contribution < 1.29 is 4.39 Å². The number of aryl methyl sites for hydroxylation is 2. The molecule has 166 valence electrons. The first-order valence-electron chi connectivity index (χ1n) is 11.1. The highest BCUT2D eigenvalue weighted by atomic mass is 19.1. The Hall–Kier alpha value is -3.94. The molecule has 4 heterocycles. The van der Waals surface area contributed by atoms with Gasteiger partial charge in [-0.1, -0.05) is 18.2 Å². The van der Waals surface area contributed by atoms with Gasteiger partial charge in [0.2, 0.25) is 0 Å². The van der Waals surface area contributed by atoms with Crippen LogP contribution >= 0.6 is 0 Å². The van der Waals surface area contributed by atoms with E-state index >= 15 is 0 Å². The van der Waals surface area contributed by atoms with E-state index < -0.39 is 0 Å². The average Bonchev–Trinajstić information content (AvgIpc) is 3.38. The lowest BCUT2D eigenvalue weighted by molar-refractivity contribution is 0.624. The van der Waals surface area contributed by atoms with E-state index in [1.165, 1.54) is 12.1 Å². The number of anilines is 2. The molecule has 0 atom stereocenters. The van der Waals surface area contributed by atoms with Crippen LogP contribution in [0.2, 0.25) is 0 Å². The first-order valence-corrected chi connectivity index (χ1v) is 11.1. The summed E-state index contributed by atoms with van der Waals surface area (Å²) >= 11 is 0. The van der Waals surface area contributed by atoms with Gasteiger partial charge in [0.05, 0.1) is 16.6 Å². The van der Waals surface area contributed by atoms with Crippen molar-refractivity contribution in [2.24, 2.45) is 0 Å². The quantitative estimate of drug-likeness (QED) is 0.450. The van der Waals surface area contributed by atoms with Gasteiger partial charge in [0.1, 0.15) is 5.82 Å². The molecular weight excluding hydrogens is 417 g/mol. The van der Waals surface area contributed by atoms with Crippen LogP contribution in [0.5, 0.6) is 0 Å². The molecule has 1 fully saturated rings. The maximum absolute atomic E-state index is 13.3. The van der Waals surface area contributed by atoms with Gasteiger partial charge in [-0.15, -0.1) is 10.2 Å². The predicted octanol–water partition coefficient (Wildman–Crippen LogP) is 4.38. The number of nitrogens with one attached hydrogen (secondary N) is 1. The molecule has 0 radical (unpaired) electrons. The Morgan fingerprint density at radius 2 is 1.55 bits per heavy atom. The topological polar surface area (TPSA) is 65.9 Å². The first-order chi connectivity index (χ1) is 16.1. The normalized spacial score (nSPS) is 14.5. The summed E-state index contributed by atoms with van der Waals surface area (Å²) in [4.78, 5) is 8.14. The number of aromatic amines is 1. The van der Waals surface area contributed by atoms with E-state index in [2.05, 4.69) is 43.2 Å². The molecule has 0 saturated carbocycles. The Kier molecular flexibility index (Phi) is 4.53. The van der Waals surface area contributed by atoms with Crippen molar-refractivity contribution in [3.63, 3.8) is 0 Å². The molecule has 1 N–H and O–H groups in total. The van der Waals surface area contributed by atoms with E-state index in [0.29, 0.717) is 5.82 Å². The number of benzene rings is 2. The van der Waals surface area contributed by atoms with E-state index in [1.807, 2.05) is 42.8 Å². The van der Waals surface area contributed by atoms with E-state index in [1.54, 1.807) is 0 Å². The highest BCUT2D eigenvalue weighted by molar-refractivity contribution is 6.14. The molecule has 0 spiro atoms. The zero-order chi connectivity index (χ0) is 22.5. The fourth-order valence-electron chi connectivity index (χ4n) is 4.78. The van der Waals surface area contributed by atoms with E-state index in [9.17, 15) is 4.39 Å². The lowest BCUT2D eigenvalue weighted by Gasteiger charge is -2.36. The summed E-state index contributed by atoms with van der Waals surface area (Å²) in [5.74, 6) is 1.38. The standard InChI is InChI=1S/C25H24FN7/c1-16-15-17(2)33(30-16)25-23-22(20-5-3-4-6-21(20)27-23)24(28-29-25)32-13-11-31(12-14-32)19-9-7-18(26)8-10-19/h3-10,15,27H,11-14H2,1-2H3. The first kappa shape index (κ1) is 19.7. The minimum absolute atomic E-state index is 0.211. The minimum atomic E-state index is -0.211. The lowest BCUT2D eigenvalue weighted by atomic mass is 10.1. The number of fused-ring (bicyclic) bond motifs is 3. The van der Waals surface area contributed by atoms with Gasteiger partial charge in [-0.2, -0.15) is 5.10 Å². The molecule has 0 amide bonds. The molecule has 2 aromatic carbocycles. The Morgan fingerprint density at radius 1 is 0.848 bits per heavy atom. The van der Waals surface area contributed by atoms with Crippen LogP contribution in [-0.4, -0.2) is 51.1 Å². The Bertz CT molecular complexity index is 1460. The van der Waals surface area contributed by atoms with Crippen LogP contribution in [0.1, 0.15) is 11.4 Å². The molecule has 5 aromatic rings. The molecule has 1 aliphatic rings. The predicted molar refractivity (Wildman–Crippen MR) is 129 cm³/mol. The molecule has 7 nitrogen and oxygen atoms in total. The van der Waals surface area contributed by atoms with Crippen molar-refractivity contribution in [1.82, 2.24) is 25.0 Å². The van der Waals surface area contributed by atoms with Crippen LogP contribution in [0.4, 0.5) is 15.9 Å². The third kappa shape index (κ3) is 3.29. The highest BCUT2D eigenvalue weighted by Gasteiger charge is 2.24. The summed E-state index contributed by atoms with van der Waals surface area (Å²) in [5, 5.41) is 16.2. The van der Waals surface area contributed by atoms with E-state index in [4.69, 9.17) is 5.10 Å². The van der Waals surface area contributed by atoms with Crippen molar-refractivity contribution in [2.45, 2.75) is 13.8 Å². The van der Waals surface area contributed by atoms with Crippen LogP contribution in [0.3, 0.4) is 0 Å². The smallest absolute Gasteiger partial charge is 0.200 e. The zero-order valence-electron chi connectivity index (χ0n) is 18.6. The van der Waals surface area contributed by atoms with Crippen LogP contribution in [0, 0.1) is 19.7 Å². The summed E-state index contributed by atoms with van der Waals surface area (Å²) in [6.07, 6.45) is 0. The molecule has 6 rings (SSSR count). The number of nitrogens with zero attached hydrogens (tertiary/aromatic N) is 6. The zero-order valence-corrected chi connectivity index (χ0v) is 18.6. The Balaban J connectivity index is 1.41. The second kappa shape index (κ2) is 7.58. The number of hydrogen-bond donors (Lipinski definition) is 1. The van der Waals surface area contributed by atoms with Crippen molar-refractivity contribution >= 4 is 33.3 Å². The SMILES string of the molecule is Cc1cc(C)n(-c2nnc(N3CCN(c4ccc(F)cc4)CC3)c3c2[nH]c2ccccc23)n1. The third-order valence-corrected chi connectivity index (χ3v) is 6.37. The highest BCUT2D eigenvalue weighted by Crippen LogP contribution is 2.35. The number of para-hydroxylation sites is 1. The molecule has 0 bridgehead atoms. The van der Waals surface area contributed by atoms with Gasteiger partial charge >= 0.3 is 0 Å². The van der Waals surface area contributed by atoms with Gasteiger partial charge in [0, 0.05) is 48.5 Å². The second-order valence-electron chi connectivity index (χ2n) is 8.56. The maximum Gasteiger partial charge on any atom is 0.200 e. The molecule has 33 heavy (non-hydrogen) atoms. The third-order valence-electron chi connectivity index (χ3n) is 6.37. The van der Waals surface area contributed by atoms with Crippen molar-refractivity contribution in [3.05, 3.63) is 71.8 Å². The van der Waals surface area contributed by atoms with Crippen LogP contribution in [-0.2, 0) is 0 Å². The van der Waals surface area contributed by atoms with Gasteiger partial charge < -0.3 is 14.8 Å². The van der Waals surface area contributed by atoms with Gasteiger partial charge in [-0.3, -0.25) is 0 Å². The van der Waals surface area contributed by atoms with E-state index in [0.717, 1.165) is 70.9 Å². The van der Waals surface area contributed by atoms with Crippen LogP contribution < -0.4 is 9.80 Å². The molecule has 1 saturated heterocycles. The van der Waals surface area contributed by atoms with Crippen LogP contribution in [0.15, 0.2) is 54.6 Å². The largest absolute Gasteiger partial charge is 0.368 e. The van der Waals surface area contributed by atoms with Gasteiger partial charge in [-0.25, -0.2) is 9.07 Å². The minimum Gasteiger partial charge on any atom is -0.368 e. The maximum atomic E-state index is 13.3. The average molecular weight is 442 g/mol. The summed E-state index contributed by atoms with van der Waals surface area (Å²) < 4.78 is 15.2. The summed E-state index contributed by atoms with van der Waals surface area (Å²) in [7, 11) is 0. The van der Waals surface area contributed by atoms with Gasteiger partial charge in [-0.05, 0) is 50.2 Å². The number of halogens is 1. The monoisotopic (exact) mass is 441 g/mol. The number of H-pyrrole nitrogens is 1. The number of aromatic nitrogens is 5. The summed E-state index contributed by atoms with van der Waals surface area (Å²) in [5.41, 5.74) is 4.99. The van der Waals surface area contributed by atoms with Gasteiger partial charge in [0.15, 0.2) is 11.6 Å². The summed E-state index contributed by atoms with van der Waals surface area (Å²) in [6.45, 7) is 7.28. The molecule has 0 unspecified atom stereocenters. The van der Waals surface area contributed by atoms with Crippen molar-refractivity contribution in [1.29, 1.82) is 0 Å². The van der Waals surface area contributed by atoms with Crippen molar-refractivity contribution in [3.8, 4) is 5.82 Å². The van der Waals surface area contributed by atoms with Crippen LogP contribution in [0.25, 0.3) is 27.6 Å². The fourth-order valence-corrected chi connectivity index (χ4v) is 4.78. The fraction of sp³-hybridized carbons (Fsp3) is 0.240. The second-order valence-corrected chi connectivity index (χ2v) is 8.56. The number of hydrogen-bond acceptors (Lipinski definition) is 5. The molecule has 1 aliphatic heterocycles.